The molecule has 2 aromatic rings. The van der Waals surface area contributed by atoms with Gasteiger partial charge in [-0.25, -0.2) is 4.79 Å². The first-order valence-electron chi connectivity index (χ1n) is 9.64. The molecule has 0 saturated carbocycles. The van der Waals surface area contributed by atoms with E-state index in [0.29, 0.717) is 17.1 Å². The first kappa shape index (κ1) is 20.3. The monoisotopic (exact) mass is 419 g/mol. The van der Waals surface area contributed by atoms with Crippen molar-refractivity contribution in [1.29, 1.82) is 0 Å². The second-order valence-corrected chi connectivity index (χ2v) is 7.71. The fourth-order valence-electron chi connectivity index (χ4n) is 4.17. The van der Waals surface area contributed by atoms with E-state index in [4.69, 9.17) is 9.47 Å². The largest absolute Gasteiger partial charge is 0.457 e. The molecule has 0 unspecified atom stereocenters. The fourth-order valence-corrected chi connectivity index (χ4v) is 4.17. The first-order valence-corrected chi connectivity index (χ1v) is 9.64. The maximum absolute atomic E-state index is 13.1. The standard InChI is InChI=1S/C22H20F3NO4/c1-11-9-18(12(2)8-17(11)22(23,24)25)29-14-6-7-15-13(10-14)4-3-5-16(15)19-20(27)26-21(28)30-19/h6-10,16,19H,3-5H2,1-2H3,(H,26,27,28)/t16-,19-/m1/s1. The lowest BCUT2D eigenvalue weighted by molar-refractivity contribution is -0.138. The number of alkyl halides is 3. The Balaban J connectivity index is 1.60. The Morgan fingerprint density at radius 3 is 2.53 bits per heavy atom. The number of rotatable bonds is 3. The average molecular weight is 419 g/mol. The Morgan fingerprint density at radius 2 is 1.87 bits per heavy atom. The summed E-state index contributed by atoms with van der Waals surface area (Å²) in [6, 6.07) is 7.87. The highest BCUT2D eigenvalue weighted by molar-refractivity contribution is 6.00. The average Bonchev–Trinajstić information content (AvgIpc) is 3.00. The van der Waals surface area contributed by atoms with Crippen LogP contribution >= 0.6 is 0 Å². The van der Waals surface area contributed by atoms with E-state index in [1.807, 2.05) is 12.1 Å². The number of aryl methyl sites for hydroxylation is 3. The van der Waals surface area contributed by atoms with Crippen molar-refractivity contribution < 1.29 is 32.2 Å². The van der Waals surface area contributed by atoms with Crippen molar-refractivity contribution in [2.24, 2.45) is 0 Å². The number of ether oxygens (including phenoxy) is 2. The lowest BCUT2D eigenvalue weighted by atomic mass is 9.79. The summed E-state index contributed by atoms with van der Waals surface area (Å²) >= 11 is 0. The second-order valence-electron chi connectivity index (χ2n) is 7.71. The van der Waals surface area contributed by atoms with Crippen LogP contribution in [0.4, 0.5) is 18.0 Å². The van der Waals surface area contributed by atoms with Crippen LogP contribution in [0.3, 0.4) is 0 Å². The highest BCUT2D eigenvalue weighted by atomic mass is 19.4. The van der Waals surface area contributed by atoms with Crippen molar-refractivity contribution >= 4 is 12.0 Å². The summed E-state index contributed by atoms with van der Waals surface area (Å²) in [4.78, 5) is 23.4. The predicted octanol–water partition coefficient (Wildman–Crippen LogP) is 5.17. The molecule has 0 spiro atoms. The molecule has 1 fully saturated rings. The van der Waals surface area contributed by atoms with Gasteiger partial charge in [-0.15, -0.1) is 0 Å². The molecule has 0 radical (unpaired) electrons. The Bertz CT molecular complexity index is 1030. The molecule has 5 nitrogen and oxygen atoms in total. The zero-order valence-electron chi connectivity index (χ0n) is 16.4. The van der Waals surface area contributed by atoms with Crippen LogP contribution in [-0.4, -0.2) is 18.1 Å². The molecule has 1 aliphatic carbocycles. The van der Waals surface area contributed by atoms with Crippen LogP contribution in [0.15, 0.2) is 30.3 Å². The summed E-state index contributed by atoms with van der Waals surface area (Å²) in [6.07, 6.45) is -3.68. The number of hydrogen-bond donors (Lipinski definition) is 1. The number of alkyl carbamates (subject to hydrolysis) is 1. The highest BCUT2D eigenvalue weighted by Gasteiger charge is 2.41. The minimum absolute atomic E-state index is 0.0928. The zero-order valence-corrected chi connectivity index (χ0v) is 16.4. The SMILES string of the molecule is Cc1cc(C(F)(F)F)c(C)cc1Oc1ccc2c(c1)CCC[C@H]2[C@H]1OC(=O)NC1=O. The van der Waals surface area contributed by atoms with E-state index >= 15 is 0 Å². The van der Waals surface area contributed by atoms with Crippen LogP contribution in [0.1, 0.15) is 46.6 Å². The zero-order chi connectivity index (χ0) is 21.6. The van der Waals surface area contributed by atoms with E-state index < -0.39 is 29.8 Å². The molecule has 4 rings (SSSR count). The number of cyclic esters (lactones) is 1. The molecule has 2 atom stereocenters. The van der Waals surface area contributed by atoms with Gasteiger partial charge in [-0.1, -0.05) is 6.07 Å². The molecule has 1 saturated heterocycles. The predicted molar refractivity (Wildman–Crippen MR) is 102 cm³/mol. The summed E-state index contributed by atoms with van der Waals surface area (Å²) in [6.45, 7) is 2.98. The van der Waals surface area contributed by atoms with E-state index in [1.165, 1.54) is 13.0 Å². The normalized spacial score (nSPS) is 21.1. The molecule has 0 bridgehead atoms. The van der Waals surface area contributed by atoms with Crippen molar-refractivity contribution in [3.8, 4) is 11.5 Å². The summed E-state index contributed by atoms with van der Waals surface area (Å²) in [5, 5.41) is 2.16. The van der Waals surface area contributed by atoms with Gasteiger partial charge in [-0.3, -0.25) is 10.1 Å². The smallest absolute Gasteiger partial charge is 0.416 e. The second kappa shape index (κ2) is 7.34. The van der Waals surface area contributed by atoms with Crippen molar-refractivity contribution in [2.75, 3.05) is 0 Å². The van der Waals surface area contributed by atoms with Crippen LogP contribution < -0.4 is 10.1 Å². The molecular formula is C22H20F3NO4. The minimum atomic E-state index is -4.41. The van der Waals surface area contributed by atoms with E-state index in [2.05, 4.69) is 5.32 Å². The molecule has 30 heavy (non-hydrogen) atoms. The van der Waals surface area contributed by atoms with Crippen LogP contribution in [0.25, 0.3) is 0 Å². The van der Waals surface area contributed by atoms with Crippen molar-refractivity contribution in [3.05, 3.63) is 58.1 Å². The third-order valence-corrected chi connectivity index (χ3v) is 5.61. The Hall–Kier alpha value is -3.03. The molecule has 1 aliphatic heterocycles. The van der Waals surface area contributed by atoms with Crippen LogP contribution in [-0.2, 0) is 22.1 Å². The quantitative estimate of drug-likeness (QED) is 0.746. The van der Waals surface area contributed by atoms with Gasteiger partial charge in [0.1, 0.15) is 11.5 Å². The van der Waals surface area contributed by atoms with Gasteiger partial charge in [0.2, 0.25) is 0 Å². The Labute approximate surface area is 171 Å². The van der Waals surface area contributed by atoms with E-state index in [1.54, 1.807) is 13.0 Å². The maximum Gasteiger partial charge on any atom is 0.416 e. The van der Waals surface area contributed by atoms with Gasteiger partial charge in [0.05, 0.1) is 5.56 Å². The third-order valence-electron chi connectivity index (χ3n) is 5.61. The Morgan fingerprint density at radius 1 is 1.10 bits per heavy atom. The van der Waals surface area contributed by atoms with E-state index in [0.717, 1.165) is 36.5 Å². The number of benzene rings is 2. The maximum atomic E-state index is 13.1. The summed E-state index contributed by atoms with van der Waals surface area (Å²) in [7, 11) is 0. The van der Waals surface area contributed by atoms with Gasteiger partial charge in [-0.2, -0.15) is 13.2 Å². The number of carbonyl (C=O) groups is 2. The van der Waals surface area contributed by atoms with E-state index in [9.17, 15) is 22.8 Å². The van der Waals surface area contributed by atoms with Gasteiger partial charge >= 0.3 is 12.3 Å². The van der Waals surface area contributed by atoms with Gasteiger partial charge in [0.25, 0.3) is 5.91 Å². The lowest BCUT2D eigenvalue weighted by Crippen LogP contribution is -2.31. The number of imide groups is 1. The number of amides is 2. The van der Waals surface area contributed by atoms with Gasteiger partial charge in [-0.05, 0) is 79.6 Å². The van der Waals surface area contributed by atoms with Gasteiger partial charge in [0, 0.05) is 5.92 Å². The van der Waals surface area contributed by atoms with E-state index in [-0.39, 0.29) is 11.5 Å². The van der Waals surface area contributed by atoms with Crippen LogP contribution in [0.5, 0.6) is 11.5 Å². The lowest BCUT2D eigenvalue weighted by Gasteiger charge is -2.28. The topological polar surface area (TPSA) is 64.6 Å². The van der Waals surface area contributed by atoms with Crippen molar-refractivity contribution in [3.63, 3.8) is 0 Å². The molecule has 158 valence electrons. The third kappa shape index (κ3) is 3.74. The highest BCUT2D eigenvalue weighted by Crippen LogP contribution is 2.40. The van der Waals surface area contributed by atoms with Gasteiger partial charge in [0.15, 0.2) is 6.10 Å². The summed E-state index contributed by atoms with van der Waals surface area (Å²) < 4.78 is 50.3. The molecule has 0 aromatic heterocycles. The van der Waals surface area contributed by atoms with Gasteiger partial charge < -0.3 is 9.47 Å². The summed E-state index contributed by atoms with van der Waals surface area (Å²) in [5.41, 5.74) is 1.70. The Kier molecular flexibility index (Phi) is 4.95. The van der Waals surface area contributed by atoms with Crippen molar-refractivity contribution in [1.82, 2.24) is 5.32 Å². The van der Waals surface area contributed by atoms with Crippen LogP contribution in [0, 0.1) is 13.8 Å². The fraction of sp³-hybridized carbons (Fsp3) is 0.364. The first-order chi connectivity index (χ1) is 14.1. The molecule has 2 aromatic carbocycles. The minimum Gasteiger partial charge on any atom is -0.457 e. The number of halogens is 3. The number of carbonyl (C=O) groups excluding carboxylic acids is 2. The number of fused-ring (bicyclic) bond motifs is 1. The van der Waals surface area contributed by atoms with Crippen molar-refractivity contribution in [2.45, 2.75) is 51.3 Å². The molecule has 1 N–H and O–H groups in total. The molecule has 8 heteroatoms. The molecule has 2 aliphatic rings. The van der Waals surface area contributed by atoms with Crippen LogP contribution in [0.2, 0.25) is 0 Å². The molecular weight excluding hydrogens is 399 g/mol. The number of nitrogens with one attached hydrogen (secondary N) is 1. The number of hydrogen-bond acceptors (Lipinski definition) is 4. The molecule has 2 amide bonds. The summed E-state index contributed by atoms with van der Waals surface area (Å²) in [5.74, 6) is 0.194. The molecule has 1 heterocycles.